The molecule has 2 atom stereocenters. The number of fused-ring (bicyclic) bond motifs is 2. The summed E-state index contributed by atoms with van der Waals surface area (Å²) >= 11 is 5.93. The zero-order chi connectivity index (χ0) is 20.3. The SMILES string of the molecule is CC1(C)Oc2ccc(C#N)cc2[C@@H](S(=O)(=O)c2nc3cc(Cl)ccc3o2)[C@@H]1O. The van der Waals surface area contributed by atoms with E-state index in [1.807, 2.05) is 6.07 Å². The van der Waals surface area contributed by atoms with Gasteiger partial charge in [0.05, 0.1) is 11.6 Å². The van der Waals surface area contributed by atoms with Gasteiger partial charge in [0, 0.05) is 10.6 Å². The normalized spacial score (nSPS) is 21.0. The fourth-order valence-corrected chi connectivity index (χ4v) is 5.26. The monoisotopic (exact) mass is 418 g/mol. The van der Waals surface area contributed by atoms with E-state index >= 15 is 0 Å². The van der Waals surface area contributed by atoms with Crippen LogP contribution in [0.5, 0.6) is 5.75 Å². The summed E-state index contributed by atoms with van der Waals surface area (Å²) in [6.07, 6.45) is -1.42. The van der Waals surface area contributed by atoms with Gasteiger partial charge < -0.3 is 14.3 Å². The van der Waals surface area contributed by atoms with Crippen molar-refractivity contribution in [3.05, 3.63) is 52.5 Å². The summed E-state index contributed by atoms with van der Waals surface area (Å²) in [5.41, 5.74) is -0.202. The third-order valence-electron chi connectivity index (χ3n) is 4.73. The molecule has 3 aromatic rings. The number of aliphatic hydroxyl groups is 1. The topological polar surface area (TPSA) is 113 Å². The number of nitriles is 1. The molecule has 0 amide bonds. The summed E-state index contributed by atoms with van der Waals surface area (Å²) in [5.74, 6) is 0.280. The van der Waals surface area contributed by atoms with E-state index in [2.05, 4.69) is 4.98 Å². The van der Waals surface area contributed by atoms with E-state index in [-0.39, 0.29) is 28.0 Å². The average molecular weight is 419 g/mol. The molecule has 1 aliphatic heterocycles. The molecular formula is C19H15ClN2O5S. The Kier molecular flexibility index (Phi) is 4.16. The molecule has 144 valence electrons. The Morgan fingerprint density at radius 2 is 2.00 bits per heavy atom. The summed E-state index contributed by atoms with van der Waals surface area (Å²) in [5, 5.41) is 18.5. The van der Waals surface area contributed by atoms with Crippen LogP contribution in [-0.2, 0) is 9.84 Å². The van der Waals surface area contributed by atoms with Crippen LogP contribution in [0.3, 0.4) is 0 Å². The lowest BCUT2D eigenvalue weighted by atomic mass is 9.90. The highest BCUT2D eigenvalue weighted by Gasteiger charge is 2.51. The molecule has 0 unspecified atom stereocenters. The highest BCUT2D eigenvalue weighted by atomic mass is 35.5. The van der Waals surface area contributed by atoms with Crippen LogP contribution in [-0.4, -0.2) is 30.2 Å². The molecular weight excluding hydrogens is 404 g/mol. The first-order valence-electron chi connectivity index (χ1n) is 8.34. The van der Waals surface area contributed by atoms with Gasteiger partial charge in [-0.1, -0.05) is 11.6 Å². The molecule has 28 heavy (non-hydrogen) atoms. The minimum absolute atomic E-state index is 0.186. The Labute approximate surface area is 166 Å². The van der Waals surface area contributed by atoms with Crippen LogP contribution in [0.25, 0.3) is 11.1 Å². The minimum atomic E-state index is -4.26. The quantitative estimate of drug-likeness (QED) is 0.678. The predicted molar refractivity (Wildman–Crippen MR) is 101 cm³/mol. The van der Waals surface area contributed by atoms with Gasteiger partial charge in [0.25, 0.3) is 0 Å². The number of hydrogen-bond donors (Lipinski definition) is 1. The van der Waals surface area contributed by atoms with Crippen molar-refractivity contribution in [3.8, 4) is 11.8 Å². The van der Waals surface area contributed by atoms with Gasteiger partial charge in [-0.15, -0.1) is 0 Å². The van der Waals surface area contributed by atoms with E-state index in [9.17, 15) is 18.8 Å². The number of nitrogens with zero attached hydrogens (tertiary/aromatic N) is 2. The van der Waals surface area contributed by atoms with Crippen molar-refractivity contribution in [2.24, 2.45) is 0 Å². The van der Waals surface area contributed by atoms with Crippen LogP contribution >= 0.6 is 11.6 Å². The van der Waals surface area contributed by atoms with Gasteiger partial charge in [-0.3, -0.25) is 0 Å². The Hall–Kier alpha value is -2.60. The van der Waals surface area contributed by atoms with Crippen molar-refractivity contribution in [1.82, 2.24) is 4.98 Å². The molecule has 1 N–H and O–H groups in total. The molecule has 0 bridgehead atoms. The standard InChI is InChI=1S/C19H15ClN2O5S/c1-19(2)17(23)16(12-7-10(9-21)3-5-14(12)27-19)28(24,25)18-22-13-8-11(20)4-6-15(13)26-18/h3-8,16-17,23H,1-2H3/t16-,17+/m1/s1. The van der Waals surface area contributed by atoms with Crippen LogP contribution in [0.15, 0.2) is 46.0 Å². The molecule has 0 fully saturated rings. The summed E-state index contributed by atoms with van der Waals surface area (Å²) in [6.45, 7) is 3.18. The summed E-state index contributed by atoms with van der Waals surface area (Å²) in [7, 11) is -4.26. The van der Waals surface area contributed by atoms with E-state index in [1.54, 1.807) is 19.9 Å². The highest BCUT2D eigenvalue weighted by Crippen LogP contribution is 2.46. The second-order valence-electron chi connectivity index (χ2n) is 7.07. The lowest BCUT2D eigenvalue weighted by Crippen LogP contribution is -2.50. The van der Waals surface area contributed by atoms with E-state index < -0.39 is 32.0 Å². The van der Waals surface area contributed by atoms with E-state index in [4.69, 9.17) is 20.8 Å². The van der Waals surface area contributed by atoms with Crippen LogP contribution in [0, 0.1) is 11.3 Å². The molecule has 0 radical (unpaired) electrons. The van der Waals surface area contributed by atoms with E-state index in [0.29, 0.717) is 5.02 Å². The minimum Gasteiger partial charge on any atom is -0.485 e. The number of aromatic nitrogens is 1. The van der Waals surface area contributed by atoms with Crippen LogP contribution in [0.2, 0.25) is 5.02 Å². The molecule has 9 heteroatoms. The van der Waals surface area contributed by atoms with Crippen molar-refractivity contribution in [2.75, 3.05) is 0 Å². The lowest BCUT2D eigenvalue weighted by molar-refractivity contribution is -0.0446. The van der Waals surface area contributed by atoms with Gasteiger partial charge in [-0.05, 0) is 50.2 Å². The summed E-state index contributed by atoms with van der Waals surface area (Å²) in [6, 6.07) is 11.0. The number of rotatable bonds is 2. The fraction of sp³-hybridized carbons (Fsp3) is 0.263. The van der Waals surface area contributed by atoms with Crippen molar-refractivity contribution in [3.63, 3.8) is 0 Å². The maximum absolute atomic E-state index is 13.4. The number of halogens is 1. The Morgan fingerprint density at radius 3 is 2.71 bits per heavy atom. The number of aliphatic hydroxyl groups excluding tert-OH is 1. The zero-order valence-electron chi connectivity index (χ0n) is 14.9. The molecule has 4 rings (SSSR count). The number of benzene rings is 2. The summed E-state index contributed by atoms with van der Waals surface area (Å²) < 4.78 is 38.1. The first-order chi connectivity index (χ1) is 13.1. The highest BCUT2D eigenvalue weighted by molar-refractivity contribution is 7.91. The maximum atomic E-state index is 13.4. The molecule has 0 spiro atoms. The lowest BCUT2D eigenvalue weighted by Gasteiger charge is -2.41. The average Bonchev–Trinajstić information content (AvgIpc) is 3.06. The molecule has 1 aromatic heterocycles. The first-order valence-corrected chi connectivity index (χ1v) is 10.3. The van der Waals surface area contributed by atoms with Crippen LogP contribution < -0.4 is 4.74 Å². The third-order valence-corrected chi connectivity index (χ3v) is 6.80. The van der Waals surface area contributed by atoms with Gasteiger partial charge in [0.15, 0.2) is 5.58 Å². The fourth-order valence-electron chi connectivity index (χ4n) is 3.26. The van der Waals surface area contributed by atoms with Crippen molar-refractivity contribution in [1.29, 1.82) is 5.26 Å². The third kappa shape index (κ3) is 2.83. The summed E-state index contributed by atoms with van der Waals surface area (Å²) in [4.78, 5) is 4.06. The van der Waals surface area contributed by atoms with Gasteiger partial charge in [0.1, 0.15) is 28.2 Å². The first kappa shape index (κ1) is 18.7. The van der Waals surface area contributed by atoms with Gasteiger partial charge in [-0.25, -0.2) is 8.42 Å². The second kappa shape index (κ2) is 6.21. The largest absolute Gasteiger partial charge is 0.485 e. The van der Waals surface area contributed by atoms with Crippen molar-refractivity contribution >= 4 is 32.5 Å². The smallest absolute Gasteiger partial charge is 0.316 e. The number of sulfone groups is 1. The molecule has 0 saturated carbocycles. The Bertz CT molecular complexity index is 1240. The molecule has 0 saturated heterocycles. The molecule has 7 nitrogen and oxygen atoms in total. The van der Waals surface area contributed by atoms with Gasteiger partial charge in [-0.2, -0.15) is 10.2 Å². The van der Waals surface area contributed by atoms with Gasteiger partial charge in [0.2, 0.25) is 9.84 Å². The predicted octanol–water partition coefficient (Wildman–Crippen LogP) is 3.40. The molecule has 2 heterocycles. The Morgan fingerprint density at radius 1 is 1.25 bits per heavy atom. The Balaban J connectivity index is 1.93. The maximum Gasteiger partial charge on any atom is 0.316 e. The van der Waals surface area contributed by atoms with Crippen LogP contribution in [0.4, 0.5) is 0 Å². The molecule has 2 aromatic carbocycles. The van der Waals surface area contributed by atoms with Crippen molar-refractivity contribution < 1.29 is 22.7 Å². The zero-order valence-corrected chi connectivity index (χ0v) is 16.5. The van der Waals surface area contributed by atoms with Gasteiger partial charge >= 0.3 is 5.22 Å². The number of hydrogen-bond acceptors (Lipinski definition) is 7. The molecule has 0 aliphatic carbocycles. The number of ether oxygens (including phenoxy) is 1. The second-order valence-corrected chi connectivity index (χ2v) is 9.46. The number of oxazole rings is 1. The van der Waals surface area contributed by atoms with E-state index in [1.165, 1.54) is 30.3 Å². The van der Waals surface area contributed by atoms with Crippen molar-refractivity contribution in [2.45, 2.75) is 36.0 Å². The van der Waals surface area contributed by atoms with E-state index in [0.717, 1.165) is 0 Å². The molecule has 1 aliphatic rings. The van der Waals surface area contributed by atoms with Crippen LogP contribution in [0.1, 0.15) is 30.2 Å².